The summed E-state index contributed by atoms with van der Waals surface area (Å²) in [6, 6.07) is 0.123. The highest BCUT2D eigenvalue weighted by molar-refractivity contribution is 7.89. The van der Waals surface area contributed by atoms with E-state index >= 15 is 0 Å². The van der Waals surface area contributed by atoms with Crippen molar-refractivity contribution in [2.45, 2.75) is 49.5 Å². The van der Waals surface area contributed by atoms with Crippen LogP contribution in [-0.4, -0.2) is 49.3 Å². The molecule has 140 valence electrons. The fourth-order valence-corrected chi connectivity index (χ4v) is 3.62. The van der Waals surface area contributed by atoms with Gasteiger partial charge in [0.25, 0.3) is 5.91 Å². The molecule has 25 heavy (non-hydrogen) atoms. The molecule has 1 aromatic heterocycles. The van der Waals surface area contributed by atoms with E-state index in [1.54, 1.807) is 7.05 Å². The third-order valence-electron chi connectivity index (χ3n) is 3.98. The van der Waals surface area contributed by atoms with Crippen molar-refractivity contribution < 1.29 is 22.7 Å². The van der Waals surface area contributed by atoms with E-state index in [4.69, 9.17) is 4.74 Å². The average Bonchev–Trinajstić information content (AvgIpc) is 2.85. The Labute approximate surface area is 147 Å². The Morgan fingerprint density at radius 3 is 2.56 bits per heavy atom. The van der Waals surface area contributed by atoms with Crippen molar-refractivity contribution >= 4 is 21.9 Å². The Balaban J connectivity index is 1.70. The SMILES string of the molecule is Cn1cc(S(=O)(=O)NCC(=O)OCC(=O)NC2CCCCCC2)cn1. The van der Waals surface area contributed by atoms with E-state index in [0.717, 1.165) is 25.7 Å². The molecule has 1 fully saturated rings. The van der Waals surface area contributed by atoms with Crippen LogP contribution in [0.5, 0.6) is 0 Å². The molecule has 9 nitrogen and oxygen atoms in total. The molecule has 10 heteroatoms. The zero-order valence-corrected chi connectivity index (χ0v) is 15.0. The highest BCUT2D eigenvalue weighted by Crippen LogP contribution is 2.17. The number of esters is 1. The Morgan fingerprint density at radius 1 is 1.28 bits per heavy atom. The number of aryl methyl sites for hydroxylation is 1. The van der Waals surface area contributed by atoms with E-state index in [2.05, 4.69) is 15.1 Å². The lowest BCUT2D eigenvalue weighted by molar-refractivity contribution is -0.147. The molecule has 0 spiro atoms. The maximum atomic E-state index is 11.9. The molecule has 1 aliphatic rings. The molecule has 2 rings (SSSR count). The van der Waals surface area contributed by atoms with Crippen molar-refractivity contribution in [3.63, 3.8) is 0 Å². The molecular weight excluding hydrogens is 348 g/mol. The van der Waals surface area contributed by atoms with Crippen LogP contribution in [0.2, 0.25) is 0 Å². The van der Waals surface area contributed by atoms with Gasteiger partial charge >= 0.3 is 5.97 Å². The predicted octanol–water partition coefficient (Wildman–Crippen LogP) is 0.0806. The van der Waals surface area contributed by atoms with Gasteiger partial charge in [0, 0.05) is 19.3 Å². The highest BCUT2D eigenvalue weighted by atomic mass is 32.2. The fraction of sp³-hybridized carbons (Fsp3) is 0.667. The molecule has 2 N–H and O–H groups in total. The van der Waals surface area contributed by atoms with Crippen molar-refractivity contribution in [2.75, 3.05) is 13.2 Å². The van der Waals surface area contributed by atoms with Crippen LogP contribution in [0.3, 0.4) is 0 Å². The molecule has 1 amide bonds. The Hall–Kier alpha value is -1.94. The first-order chi connectivity index (χ1) is 11.9. The summed E-state index contributed by atoms with van der Waals surface area (Å²) in [7, 11) is -2.25. The van der Waals surface area contributed by atoms with Gasteiger partial charge in [0.15, 0.2) is 6.61 Å². The van der Waals surface area contributed by atoms with Crippen molar-refractivity contribution in [2.24, 2.45) is 7.05 Å². The molecule has 0 saturated heterocycles. The van der Waals surface area contributed by atoms with Crippen LogP contribution in [-0.2, 0) is 31.4 Å². The topological polar surface area (TPSA) is 119 Å². The number of amides is 1. The van der Waals surface area contributed by atoms with Gasteiger partial charge in [0.2, 0.25) is 10.0 Å². The first kappa shape index (κ1) is 19.4. The van der Waals surface area contributed by atoms with E-state index in [-0.39, 0.29) is 16.8 Å². The van der Waals surface area contributed by atoms with E-state index in [1.807, 2.05) is 0 Å². The average molecular weight is 372 g/mol. The van der Waals surface area contributed by atoms with Gasteiger partial charge in [-0.3, -0.25) is 14.3 Å². The third kappa shape index (κ3) is 6.46. The van der Waals surface area contributed by atoms with Crippen LogP contribution in [0.15, 0.2) is 17.3 Å². The Kier molecular flexibility index (Phi) is 6.94. The Bertz CT molecular complexity index is 693. The van der Waals surface area contributed by atoms with E-state index in [9.17, 15) is 18.0 Å². The monoisotopic (exact) mass is 372 g/mol. The first-order valence-corrected chi connectivity index (χ1v) is 9.78. The van der Waals surface area contributed by atoms with Crippen molar-refractivity contribution in [3.8, 4) is 0 Å². The van der Waals surface area contributed by atoms with Gasteiger partial charge in [-0.15, -0.1) is 0 Å². The maximum Gasteiger partial charge on any atom is 0.321 e. The summed E-state index contributed by atoms with van der Waals surface area (Å²) >= 11 is 0. The number of sulfonamides is 1. The number of ether oxygens (including phenoxy) is 1. The van der Waals surface area contributed by atoms with Crippen molar-refractivity contribution in [1.82, 2.24) is 19.8 Å². The normalized spacial score (nSPS) is 16.2. The van der Waals surface area contributed by atoms with E-state index in [0.29, 0.717) is 0 Å². The number of rotatable bonds is 7. The number of aromatic nitrogens is 2. The maximum absolute atomic E-state index is 11.9. The number of carbonyl (C=O) groups excluding carboxylic acids is 2. The van der Waals surface area contributed by atoms with E-state index < -0.39 is 29.1 Å². The van der Waals surface area contributed by atoms with Gasteiger partial charge in [0.1, 0.15) is 11.4 Å². The van der Waals surface area contributed by atoms with Gasteiger partial charge in [-0.05, 0) is 12.8 Å². The molecule has 0 bridgehead atoms. The van der Waals surface area contributed by atoms with Crippen molar-refractivity contribution in [3.05, 3.63) is 12.4 Å². The number of hydrogen-bond donors (Lipinski definition) is 2. The van der Waals surface area contributed by atoms with Crippen LogP contribution >= 0.6 is 0 Å². The minimum Gasteiger partial charge on any atom is -0.455 e. The summed E-state index contributed by atoms with van der Waals surface area (Å²) in [5, 5.41) is 6.61. The van der Waals surface area contributed by atoms with E-state index in [1.165, 1.54) is 29.9 Å². The molecule has 1 heterocycles. The largest absolute Gasteiger partial charge is 0.455 e. The van der Waals surface area contributed by atoms with Crippen LogP contribution in [0.1, 0.15) is 38.5 Å². The summed E-state index contributed by atoms with van der Waals surface area (Å²) in [4.78, 5) is 23.4. The molecule has 0 atom stereocenters. The highest BCUT2D eigenvalue weighted by Gasteiger charge is 2.19. The smallest absolute Gasteiger partial charge is 0.321 e. The second-order valence-electron chi connectivity index (χ2n) is 6.09. The van der Waals surface area contributed by atoms with Crippen LogP contribution in [0, 0.1) is 0 Å². The van der Waals surface area contributed by atoms with Crippen LogP contribution < -0.4 is 10.0 Å². The minimum absolute atomic E-state index is 0.0473. The second-order valence-corrected chi connectivity index (χ2v) is 7.86. The zero-order valence-electron chi connectivity index (χ0n) is 14.2. The Morgan fingerprint density at radius 2 is 1.96 bits per heavy atom. The number of hydrogen-bond acceptors (Lipinski definition) is 6. The molecule has 0 aromatic carbocycles. The van der Waals surface area contributed by atoms with Gasteiger partial charge < -0.3 is 10.1 Å². The first-order valence-electron chi connectivity index (χ1n) is 8.30. The lowest BCUT2D eigenvalue weighted by Gasteiger charge is -2.16. The predicted molar refractivity (Wildman–Crippen MR) is 89.0 cm³/mol. The molecular formula is C15H24N4O5S. The molecule has 1 saturated carbocycles. The van der Waals surface area contributed by atoms with Crippen molar-refractivity contribution in [1.29, 1.82) is 0 Å². The van der Waals surface area contributed by atoms with Gasteiger partial charge in [-0.1, -0.05) is 25.7 Å². The standard InChI is InChI=1S/C15H24N4O5S/c1-19-10-13(8-16-19)25(22,23)17-9-15(21)24-11-14(20)18-12-6-4-2-3-5-7-12/h8,10,12,17H,2-7,9,11H2,1H3,(H,18,20). The summed E-state index contributed by atoms with van der Waals surface area (Å²) in [6.45, 7) is -0.960. The number of nitrogens with one attached hydrogen (secondary N) is 2. The molecule has 0 unspecified atom stereocenters. The molecule has 1 aliphatic carbocycles. The molecule has 0 radical (unpaired) electrons. The lowest BCUT2D eigenvalue weighted by atomic mass is 10.1. The lowest BCUT2D eigenvalue weighted by Crippen LogP contribution is -2.38. The van der Waals surface area contributed by atoms with Gasteiger partial charge in [0.05, 0.1) is 6.20 Å². The third-order valence-corrected chi connectivity index (χ3v) is 5.34. The van der Waals surface area contributed by atoms with Crippen LogP contribution in [0.25, 0.3) is 0 Å². The number of carbonyl (C=O) groups is 2. The van der Waals surface area contributed by atoms with Gasteiger partial charge in [-0.2, -0.15) is 9.82 Å². The molecule has 1 aromatic rings. The summed E-state index contributed by atoms with van der Waals surface area (Å²) in [6.07, 6.45) is 8.88. The summed E-state index contributed by atoms with van der Waals surface area (Å²) in [5.74, 6) is -1.18. The van der Waals surface area contributed by atoms with Gasteiger partial charge in [-0.25, -0.2) is 8.42 Å². The van der Waals surface area contributed by atoms with Crippen LogP contribution in [0.4, 0.5) is 0 Å². The summed E-state index contributed by atoms with van der Waals surface area (Å²) in [5.41, 5.74) is 0. The fourth-order valence-electron chi connectivity index (χ4n) is 2.66. The molecule has 0 aliphatic heterocycles. The zero-order chi connectivity index (χ0) is 18.3. The minimum atomic E-state index is -3.83. The second kappa shape index (κ2) is 8.95. The summed E-state index contributed by atoms with van der Waals surface area (Å²) < 4.78 is 32.1. The quantitative estimate of drug-likeness (QED) is 0.517. The number of nitrogens with zero attached hydrogens (tertiary/aromatic N) is 2.